The molecule has 0 fully saturated rings. The number of carbonyl (C=O) groups excluding carboxylic acids is 1. The molecule has 2 rings (SSSR count). The number of hydrazine groups is 1. The minimum Gasteiger partial charge on any atom is -0.372 e. The van der Waals surface area contributed by atoms with Gasteiger partial charge in [0.05, 0.1) is 0 Å². The van der Waals surface area contributed by atoms with E-state index in [0.717, 1.165) is 6.42 Å². The Bertz CT molecular complexity index is 393. The first-order chi connectivity index (χ1) is 8.15. The van der Waals surface area contributed by atoms with Gasteiger partial charge in [-0.25, -0.2) is 0 Å². The molecule has 0 aromatic heterocycles. The summed E-state index contributed by atoms with van der Waals surface area (Å²) < 4.78 is 0. The number of rotatable bonds is 3. The zero-order valence-corrected chi connectivity index (χ0v) is 9.63. The summed E-state index contributed by atoms with van der Waals surface area (Å²) in [5, 5.41) is 21.1. The van der Waals surface area contributed by atoms with Crippen molar-refractivity contribution in [2.45, 2.75) is 32.2 Å². The van der Waals surface area contributed by atoms with Crippen LogP contribution in [0.5, 0.6) is 0 Å². The molecule has 1 amide bonds. The predicted molar refractivity (Wildman–Crippen MR) is 61.3 cm³/mol. The Hall–Kier alpha value is -1.43. The molecule has 0 bridgehead atoms. The van der Waals surface area contributed by atoms with Crippen LogP contribution in [0.25, 0.3) is 0 Å². The normalized spacial score (nSPS) is 23.5. The molecule has 1 aliphatic heterocycles. The van der Waals surface area contributed by atoms with Crippen LogP contribution in [0.15, 0.2) is 24.3 Å². The molecule has 1 aromatic rings. The van der Waals surface area contributed by atoms with Gasteiger partial charge in [0.15, 0.2) is 12.5 Å². The maximum absolute atomic E-state index is 11.5. The molecule has 0 radical (unpaired) electrons. The third kappa shape index (κ3) is 2.17. The summed E-state index contributed by atoms with van der Waals surface area (Å²) >= 11 is 0. The maximum Gasteiger partial charge on any atom is 0.234 e. The zero-order valence-electron chi connectivity index (χ0n) is 9.63. The smallest absolute Gasteiger partial charge is 0.234 e. The Kier molecular flexibility index (Phi) is 3.42. The van der Waals surface area contributed by atoms with Crippen molar-refractivity contribution in [2.75, 3.05) is 0 Å². The fraction of sp³-hybridized carbons (Fsp3) is 0.417. The van der Waals surface area contributed by atoms with Gasteiger partial charge in [0.25, 0.3) is 0 Å². The van der Waals surface area contributed by atoms with Crippen molar-refractivity contribution in [1.82, 2.24) is 10.4 Å². The second-order valence-electron chi connectivity index (χ2n) is 4.07. The molecular weight excluding hydrogens is 220 g/mol. The Morgan fingerprint density at radius 3 is 2.29 bits per heavy atom. The van der Waals surface area contributed by atoms with E-state index in [-0.39, 0.29) is 5.91 Å². The van der Waals surface area contributed by atoms with Crippen molar-refractivity contribution >= 4 is 5.91 Å². The average Bonchev–Trinajstić information content (AvgIpc) is 2.56. The lowest BCUT2D eigenvalue weighted by atomic mass is 10.1. The van der Waals surface area contributed by atoms with Gasteiger partial charge in [-0.15, -0.1) is 0 Å². The van der Waals surface area contributed by atoms with Crippen LogP contribution in [0.2, 0.25) is 0 Å². The molecule has 0 spiro atoms. The second-order valence-corrected chi connectivity index (χ2v) is 4.07. The summed E-state index contributed by atoms with van der Waals surface area (Å²) in [5.74, 6) is -0.210. The van der Waals surface area contributed by atoms with Gasteiger partial charge in [-0.1, -0.05) is 31.2 Å². The highest BCUT2D eigenvalue weighted by atomic mass is 16.3. The summed E-state index contributed by atoms with van der Waals surface area (Å²) in [6.45, 7) is 1.89. The van der Waals surface area contributed by atoms with Crippen molar-refractivity contribution in [1.29, 1.82) is 0 Å². The van der Waals surface area contributed by atoms with E-state index in [0.29, 0.717) is 17.5 Å². The highest BCUT2D eigenvalue weighted by Gasteiger charge is 2.36. The Labute approximate surface area is 99.6 Å². The number of nitrogens with zero attached hydrogens (tertiary/aromatic N) is 1. The predicted octanol–water partition coefficient (Wildman–Crippen LogP) is 0.815. The number of carbonyl (C=O) groups is 1. The summed E-state index contributed by atoms with van der Waals surface area (Å²) in [6, 6.07) is 7.03. The van der Waals surface area contributed by atoms with Crippen molar-refractivity contribution in [2.24, 2.45) is 0 Å². The van der Waals surface area contributed by atoms with Crippen molar-refractivity contribution in [3.8, 4) is 0 Å². The van der Waals surface area contributed by atoms with Gasteiger partial charge in [0.1, 0.15) is 0 Å². The molecule has 1 aliphatic rings. The molecule has 5 heteroatoms. The lowest BCUT2D eigenvalue weighted by molar-refractivity contribution is -0.149. The fourth-order valence-electron chi connectivity index (χ4n) is 1.96. The van der Waals surface area contributed by atoms with E-state index >= 15 is 0 Å². The van der Waals surface area contributed by atoms with Gasteiger partial charge in [-0.05, 0) is 6.42 Å². The van der Waals surface area contributed by atoms with Crippen LogP contribution in [0.4, 0.5) is 0 Å². The standard InChI is InChI=1S/C12H16N2O3/c1-2-5-10(15)13-14-11(16)8-6-3-4-7-9(8)12(14)17/h3-4,6-7,11-12,16-17H,2,5H2,1H3,(H,13,15). The van der Waals surface area contributed by atoms with Gasteiger partial charge in [0.2, 0.25) is 5.91 Å². The van der Waals surface area contributed by atoms with E-state index in [1.165, 1.54) is 5.01 Å². The quantitative estimate of drug-likeness (QED) is 0.726. The van der Waals surface area contributed by atoms with E-state index in [9.17, 15) is 15.0 Å². The highest BCUT2D eigenvalue weighted by Crippen LogP contribution is 2.37. The molecular formula is C12H16N2O3. The molecule has 2 atom stereocenters. The van der Waals surface area contributed by atoms with Gasteiger partial charge < -0.3 is 10.2 Å². The number of benzene rings is 1. The fourth-order valence-corrected chi connectivity index (χ4v) is 1.96. The van der Waals surface area contributed by atoms with E-state index in [1.807, 2.05) is 6.92 Å². The third-order valence-corrected chi connectivity index (χ3v) is 2.81. The Morgan fingerprint density at radius 1 is 1.29 bits per heavy atom. The Balaban J connectivity index is 2.15. The van der Waals surface area contributed by atoms with Crippen LogP contribution in [0.1, 0.15) is 43.3 Å². The maximum atomic E-state index is 11.5. The lowest BCUT2D eigenvalue weighted by Crippen LogP contribution is -2.43. The number of nitrogens with one attached hydrogen (secondary N) is 1. The van der Waals surface area contributed by atoms with E-state index < -0.39 is 12.5 Å². The van der Waals surface area contributed by atoms with Crippen molar-refractivity contribution < 1.29 is 15.0 Å². The SMILES string of the molecule is CCCC(=O)NN1C(O)c2ccccc2C1O. The topological polar surface area (TPSA) is 72.8 Å². The van der Waals surface area contributed by atoms with Gasteiger partial charge in [-0.3, -0.25) is 10.2 Å². The molecule has 2 unspecified atom stereocenters. The molecule has 1 heterocycles. The second kappa shape index (κ2) is 4.83. The minimum absolute atomic E-state index is 0.210. The average molecular weight is 236 g/mol. The molecule has 1 aromatic carbocycles. The van der Waals surface area contributed by atoms with Gasteiger partial charge in [0, 0.05) is 17.5 Å². The summed E-state index contributed by atoms with van der Waals surface area (Å²) in [4.78, 5) is 11.5. The first kappa shape index (κ1) is 12.0. The number of fused-ring (bicyclic) bond motifs is 1. The summed E-state index contributed by atoms with van der Waals surface area (Å²) in [5.41, 5.74) is 3.76. The van der Waals surface area contributed by atoms with Crippen LogP contribution >= 0.6 is 0 Å². The van der Waals surface area contributed by atoms with E-state index in [1.54, 1.807) is 24.3 Å². The van der Waals surface area contributed by atoms with Gasteiger partial charge >= 0.3 is 0 Å². The Morgan fingerprint density at radius 2 is 1.82 bits per heavy atom. The minimum atomic E-state index is -0.998. The first-order valence-electron chi connectivity index (χ1n) is 5.68. The highest BCUT2D eigenvalue weighted by molar-refractivity contribution is 5.75. The van der Waals surface area contributed by atoms with E-state index in [2.05, 4.69) is 5.43 Å². The largest absolute Gasteiger partial charge is 0.372 e. The number of amides is 1. The zero-order chi connectivity index (χ0) is 12.4. The molecule has 0 saturated carbocycles. The summed E-state index contributed by atoms with van der Waals surface area (Å²) in [7, 11) is 0. The molecule has 0 saturated heterocycles. The van der Waals surface area contributed by atoms with Crippen molar-refractivity contribution in [3.05, 3.63) is 35.4 Å². The van der Waals surface area contributed by atoms with Crippen LogP contribution in [-0.2, 0) is 4.79 Å². The first-order valence-corrected chi connectivity index (χ1v) is 5.68. The van der Waals surface area contributed by atoms with E-state index in [4.69, 9.17) is 0 Å². The number of aliphatic hydroxyl groups is 2. The van der Waals surface area contributed by atoms with Crippen LogP contribution < -0.4 is 5.43 Å². The number of hydrogen-bond donors (Lipinski definition) is 3. The molecule has 0 aliphatic carbocycles. The number of aliphatic hydroxyl groups excluding tert-OH is 2. The monoisotopic (exact) mass is 236 g/mol. The molecule has 3 N–H and O–H groups in total. The van der Waals surface area contributed by atoms with Crippen LogP contribution in [-0.4, -0.2) is 21.1 Å². The molecule has 92 valence electrons. The van der Waals surface area contributed by atoms with Crippen LogP contribution in [0.3, 0.4) is 0 Å². The number of hydrogen-bond acceptors (Lipinski definition) is 4. The lowest BCUT2D eigenvalue weighted by Gasteiger charge is -2.24. The molecule has 5 nitrogen and oxygen atoms in total. The third-order valence-electron chi connectivity index (χ3n) is 2.81. The van der Waals surface area contributed by atoms with Gasteiger partial charge in [-0.2, -0.15) is 5.01 Å². The van der Waals surface area contributed by atoms with Crippen molar-refractivity contribution in [3.63, 3.8) is 0 Å². The van der Waals surface area contributed by atoms with Crippen LogP contribution in [0, 0.1) is 0 Å². The molecule has 17 heavy (non-hydrogen) atoms. The summed E-state index contributed by atoms with van der Waals surface area (Å²) in [6.07, 6.45) is -0.908.